The first kappa shape index (κ1) is 17.1. The maximum Gasteiger partial charge on any atom is 0.295 e. The van der Waals surface area contributed by atoms with Crippen molar-refractivity contribution < 1.29 is 4.74 Å². The topological polar surface area (TPSA) is 65.2 Å². The second-order valence-corrected chi connectivity index (χ2v) is 7.06. The molecule has 0 amide bonds. The molecule has 3 aromatic rings. The fraction of sp³-hybridized carbons (Fsp3) is 0.389. The van der Waals surface area contributed by atoms with Gasteiger partial charge < -0.3 is 14.2 Å². The van der Waals surface area contributed by atoms with E-state index in [0.29, 0.717) is 24.7 Å². The van der Waals surface area contributed by atoms with Crippen LogP contribution in [0.2, 0.25) is 5.02 Å². The molecule has 0 saturated carbocycles. The summed E-state index contributed by atoms with van der Waals surface area (Å²) in [6, 6.07) is 7.69. The minimum Gasteiger partial charge on any atom is -0.372 e. The second kappa shape index (κ2) is 6.41. The van der Waals surface area contributed by atoms with Crippen LogP contribution in [-0.4, -0.2) is 44.6 Å². The third-order valence-corrected chi connectivity index (χ3v) is 4.97. The fourth-order valence-electron chi connectivity index (χ4n) is 3.48. The number of benzene rings is 1. The summed E-state index contributed by atoms with van der Waals surface area (Å²) >= 11 is 6.44. The van der Waals surface area contributed by atoms with Crippen molar-refractivity contribution in [2.75, 3.05) is 18.0 Å². The lowest BCUT2D eigenvalue weighted by atomic mass is 10.2. The average Bonchev–Trinajstić information content (AvgIpc) is 2.93. The molecule has 1 aliphatic rings. The maximum absolute atomic E-state index is 12.9. The number of fused-ring (bicyclic) bond motifs is 1. The maximum atomic E-state index is 12.9. The molecule has 1 fully saturated rings. The predicted molar refractivity (Wildman–Crippen MR) is 101 cm³/mol. The van der Waals surface area contributed by atoms with E-state index in [0.717, 1.165) is 11.0 Å². The first-order chi connectivity index (χ1) is 12.5. The van der Waals surface area contributed by atoms with E-state index in [-0.39, 0.29) is 22.8 Å². The Labute approximate surface area is 155 Å². The number of ether oxygens (including phenoxy) is 1. The van der Waals surface area contributed by atoms with Crippen molar-refractivity contribution in [3.63, 3.8) is 0 Å². The van der Waals surface area contributed by atoms with Crippen LogP contribution in [0.5, 0.6) is 0 Å². The van der Waals surface area contributed by atoms with E-state index in [1.165, 1.54) is 4.68 Å². The minimum atomic E-state index is -0.380. The Balaban J connectivity index is 1.79. The van der Waals surface area contributed by atoms with Gasteiger partial charge in [-0.1, -0.05) is 23.7 Å². The molecule has 1 aliphatic heterocycles. The van der Waals surface area contributed by atoms with Gasteiger partial charge in [0.2, 0.25) is 5.95 Å². The Kier molecular flexibility index (Phi) is 4.20. The zero-order valence-corrected chi connectivity index (χ0v) is 15.6. The molecule has 0 unspecified atom stereocenters. The molecule has 1 saturated heterocycles. The number of hydrogen-bond acceptors (Lipinski definition) is 5. The number of aryl methyl sites for hydroxylation is 1. The van der Waals surface area contributed by atoms with Crippen molar-refractivity contribution in [3.05, 3.63) is 45.8 Å². The number of imidazole rings is 1. The molecule has 4 rings (SSSR count). The Hall–Kier alpha value is -2.38. The summed E-state index contributed by atoms with van der Waals surface area (Å²) in [5.41, 5.74) is 1.98. The van der Waals surface area contributed by atoms with Crippen molar-refractivity contribution in [2.45, 2.75) is 26.1 Å². The van der Waals surface area contributed by atoms with Gasteiger partial charge in [-0.25, -0.2) is 4.98 Å². The van der Waals surface area contributed by atoms with Crippen LogP contribution in [0.15, 0.2) is 35.3 Å². The molecule has 136 valence electrons. The van der Waals surface area contributed by atoms with Gasteiger partial charge in [-0.2, -0.15) is 9.78 Å². The predicted octanol–water partition coefficient (Wildman–Crippen LogP) is 2.39. The number of rotatable bonds is 2. The van der Waals surface area contributed by atoms with Gasteiger partial charge in [-0.3, -0.25) is 4.79 Å². The zero-order valence-electron chi connectivity index (χ0n) is 14.9. The van der Waals surface area contributed by atoms with Crippen LogP contribution < -0.4 is 10.5 Å². The summed E-state index contributed by atoms with van der Waals surface area (Å²) in [4.78, 5) is 19.5. The largest absolute Gasteiger partial charge is 0.372 e. The monoisotopic (exact) mass is 373 g/mol. The highest BCUT2D eigenvalue weighted by Gasteiger charge is 2.26. The second-order valence-electron chi connectivity index (χ2n) is 6.68. The lowest BCUT2D eigenvalue weighted by Gasteiger charge is -2.36. The highest BCUT2D eigenvalue weighted by molar-refractivity contribution is 6.33. The van der Waals surface area contributed by atoms with Gasteiger partial charge in [0.1, 0.15) is 5.02 Å². The highest BCUT2D eigenvalue weighted by atomic mass is 35.5. The number of nitrogens with zero attached hydrogens (tertiary/aromatic N) is 5. The zero-order chi connectivity index (χ0) is 18.4. The third kappa shape index (κ3) is 2.77. The van der Waals surface area contributed by atoms with Crippen LogP contribution in [0, 0.1) is 0 Å². The van der Waals surface area contributed by atoms with E-state index in [9.17, 15) is 4.79 Å². The Morgan fingerprint density at radius 1 is 1.19 bits per heavy atom. The molecule has 0 bridgehead atoms. The van der Waals surface area contributed by atoms with E-state index in [2.05, 4.69) is 15.0 Å². The molecule has 1 aromatic carbocycles. The van der Waals surface area contributed by atoms with Crippen molar-refractivity contribution in [2.24, 2.45) is 7.05 Å². The molecular weight excluding hydrogens is 354 g/mol. The van der Waals surface area contributed by atoms with Gasteiger partial charge >= 0.3 is 0 Å². The molecule has 0 N–H and O–H groups in total. The summed E-state index contributed by atoms with van der Waals surface area (Å²) in [5, 5.41) is 4.49. The molecule has 3 heterocycles. The van der Waals surface area contributed by atoms with Gasteiger partial charge in [0.25, 0.3) is 5.56 Å². The summed E-state index contributed by atoms with van der Waals surface area (Å²) in [7, 11) is 1.85. The van der Waals surface area contributed by atoms with Crippen molar-refractivity contribution >= 4 is 28.3 Å². The van der Waals surface area contributed by atoms with Crippen molar-refractivity contribution in [3.8, 4) is 5.95 Å². The van der Waals surface area contributed by atoms with E-state index in [4.69, 9.17) is 16.3 Å². The Bertz CT molecular complexity index is 1020. The number of morpholine rings is 1. The third-order valence-electron chi connectivity index (χ3n) is 4.61. The lowest BCUT2D eigenvalue weighted by molar-refractivity contribution is -0.00524. The van der Waals surface area contributed by atoms with Gasteiger partial charge in [0.05, 0.1) is 35.1 Å². The number of halogens is 1. The van der Waals surface area contributed by atoms with E-state index < -0.39 is 0 Å². The van der Waals surface area contributed by atoms with Crippen LogP contribution >= 0.6 is 11.6 Å². The van der Waals surface area contributed by atoms with E-state index in [1.807, 2.05) is 49.7 Å². The summed E-state index contributed by atoms with van der Waals surface area (Å²) in [6.07, 6.45) is 1.77. The Morgan fingerprint density at radius 3 is 2.58 bits per heavy atom. The van der Waals surface area contributed by atoms with Gasteiger partial charge in [-0.05, 0) is 26.0 Å². The highest BCUT2D eigenvalue weighted by Crippen LogP contribution is 2.25. The van der Waals surface area contributed by atoms with Crippen molar-refractivity contribution in [1.82, 2.24) is 19.3 Å². The molecular formula is C18H20ClN5O2. The first-order valence-electron chi connectivity index (χ1n) is 8.55. The molecule has 7 nitrogen and oxygen atoms in total. The van der Waals surface area contributed by atoms with Crippen LogP contribution in [0.3, 0.4) is 0 Å². The SMILES string of the molecule is C[C@H]1CN(c2cnn(-c3nc4ccccc4n3C)c(=O)c2Cl)C[C@H](C)O1. The van der Waals surface area contributed by atoms with E-state index in [1.54, 1.807) is 6.20 Å². The summed E-state index contributed by atoms with van der Waals surface area (Å²) in [6.45, 7) is 5.35. The lowest BCUT2D eigenvalue weighted by Crippen LogP contribution is -2.46. The van der Waals surface area contributed by atoms with Gasteiger partial charge in [0.15, 0.2) is 0 Å². The summed E-state index contributed by atoms with van der Waals surface area (Å²) < 4.78 is 8.83. The fourth-order valence-corrected chi connectivity index (χ4v) is 3.73. The number of para-hydroxylation sites is 2. The normalized spacial score (nSPS) is 20.7. The minimum absolute atomic E-state index is 0.0667. The van der Waals surface area contributed by atoms with Gasteiger partial charge in [0, 0.05) is 20.1 Å². The van der Waals surface area contributed by atoms with Crippen LogP contribution in [-0.2, 0) is 11.8 Å². The van der Waals surface area contributed by atoms with Crippen molar-refractivity contribution in [1.29, 1.82) is 0 Å². The number of anilines is 1. The molecule has 8 heteroatoms. The van der Waals surface area contributed by atoms with E-state index >= 15 is 0 Å². The molecule has 2 aromatic heterocycles. The first-order valence-corrected chi connectivity index (χ1v) is 8.93. The van der Waals surface area contributed by atoms with Crippen LogP contribution in [0.1, 0.15) is 13.8 Å². The molecule has 0 aliphatic carbocycles. The number of aromatic nitrogens is 4. The number of hydrogen-bond donors (Lipinski definition) is 0. The summed E-state index contributed by atoms with van der Waals surface area (Å²) in [5.74, 6) is 0.438. The molecule has 26 heavy (non-hydrogen) atoms. The average molecular weight is 374 g/mol. The molecule has 0 spiro atoms. The van der Waals surface area contributed by atoms with Gasteiger partial charge in [-0.15, -0.1) is 0 Å². The smallest absolute Gasteiger partial charge is 0.295 e. The van der Waals surface area contributed by atoms with Crippen LogP contribution in [0.4, 0.5) is 5.69 Å². The molecule has 2 atom stereocenters. The Morgan fingerprint density at radius 2 is 1.88 bits per heavy atom. The standard InChI is InChI=1S/C18H20ClN5O2/c1-11-9-23(10-12(2)26-11)15-8-20-24(17(25)16(15)19)18-21-13-6-4-5-7-14(13)22(18)3/h4-8,11-12H,9-10H2,1-3H3/t11-,12-/m0/s1. The molecule has 0 radical (unpaired) electrons. The van der Waals surface area contributed by atoms with Crippen LogP contribution in [0.25, 0.3) is 17.0 Å². The quantitative estimate of drug-likeness (QED) is 0.690.